The molecule has 1 aliphatic heterocycles. The highest BCUT2D eigenvalue weighted by atomic mass is 16.1. The summed E-state index contributed by atoms with van der Waals surface area (Å²) in [6.45, 7) is 3.06. The van der Waals surface area contributed by atoms with Crippen LogP contribution in [-0.4, -0.2) is 22.1 Å². The van der Waals surface area contributed by atoms with E-state index in [0.717, 1.165) is 24.3 Å². The van der Waals surface area contributed by atoms with E-state index >= 15 is 0 Å². The number of aromatic amines is 1. The average molecular weight is 257 g/mol. The number of nitrogens with zero attached hydrogens (tertiary/aromatic N) is 1. The summed E-state index contributed by atoms with van der Waals surface area (Å²) in [6, 6.07) is 8.84. The van der Waals surface area contributed by atoms with Crippen LogP contribution < -0.4 is 11.0 Å². The van der Waals surface area contributed by atoms with E-state index in [9.17, 15) is 4.79 Å². The number of H-pyrrole nitrogens is 1. The Kier molecular flexibility index (Phi) is 3.25. The van der Waals surface area contributed by atoms with Crippen molar-refractivity contribution in [3.63, 3.8) is 0 Å². The van der Waals surface area contributed by atoms with Crippen LogP contribution in [0.3, 0.4) is 0 Å². The third-order valence-electron chi connectivity index (χ3n) is 3.77. The zero-order valence-corrected chi connectivity index (χ0v) is 11.1. The van der Waals surface area contributed by atoms with Crippen LogP contribution in [0.25, 0.3) is 5.69 Å². The molecule has 1 unspecified atom stereocenters. The van der Waals surface area contributed by atoms with Crippen molar-refractivity contribution < 1.29 is 0 Å². The van der Waals surface area contributed by atoms with Gasteiger partial charge in [-0.2, -0.15) is 0 Å². The summed E-state index contributed by atoms with van der Waals surface area (Å²) in [5, 5.41) is 3.51. The summed E-state index contributed by atoms with van der Waals surface area (Å²) < 4.78 is 1.71. The van der Waals surface area contributed by atoms with E-state index in [1.807, 2.05) is 19.1 Å². The van der Waals surface area contributed by atoms with E-state index in [-0.39, 0.29) is 5.69 Å². The summed E-state index contributed by atoms with van der Waals surface area (Å²) in [4.78, 5) is 14.5. The molecular formula is C15H19N3O. The predicted molar refractivity (Wildman–Crippen MR) is 75.9 cm³/mol. The Bertz CT molecular complexity index is 620. The number of hydrogen-bond donors (Lipinski definition) is 2. The maximum atomic E-state index is 11.8. The Morgan fingerprint density at radius 3 is 3.00 bits per heavy atom. The lowest BCUT2D eigenvalue weighted by Gasteiger charge is -2.11. The Morgan fingerprint density at radius 2 is 2.32 bits per heavy atom. The summed E-state index contributed by atoms with van der Waals surface area (Å²) in [5.41, 5.74) is 3.08. The van der Waals surface area contributed by atoms with Gasteiger partial charge in [-0.15, -0.1) is 0 Å². The molecule has 0 radical (unpaired) electrons. The van der Waals surface area contributed by atoms with Gasteiger partial charge in [0.25, 0.3) is 0 Å². The van der Waals surface area contributed by atoms with Gasteiger partial charge in [-0.05, 0) is 50.4 Å². The molecule has 2 heterocycles. The summed E-state index contributed by atoms with van der Waals surface area (Å²) in [6.07, 6.45) is 5.29. The van der Waals surface area contributed by atoms with E-state index in [0.29, 0.717) is 6.04 Å². The molecular weight excluding hydrogens is 238 g/mol. The SMILES string of the molecule is Cc1c[nH]c(=O)n1-c1cccc(CC2CCCN2)c1. The highest BCUT2D eigenvalue weighted by Crippen LogP contribution is 2.15. The van der Waals surface area contributed by atoms with Gasteiger partial charge in [0.05, 0.1) is 5.69 Å². The first-order chi connectivity index (χ1) is 9.24. The van der Waals surface area contributed by atoms with E-state index in [4.69, 9.17) is 0 Å². The van der Waals surface area contributed by atoms with Gasteiger partial charge >= 0.3 is 5.69 Å². The smallest absolute Gasteiger partial charge is 0.314 e. The molecule has 3 rings (SSSR count). The van der Waals surface area contributed by atoms with Crippen molar-refractivity contribution in [3.05, 3.63) is 52.2 Å². The molecule has 1 saturated heterocycles. The molecule has 1 atom stereocenters. The molecule has 4 heteroatoms. The van der Waals surface area contributed by atoms with Crippen LogP contribution >= 0.6 is 0 Å². The van der Waals surface area contributed by atoms with E-state index in [1.54, 1.807) is 10.8 Å². The van der Waals surface area contributed by atoms with E-state index in [2.05, 4.69) is 22.4 Å². The fraction of sp³-hybridized carbons (Fsp3) is 0.400. The van der Waals surface area contributed by atoms with E-state index in [1.165, 1.54) is 18.4 Å². The predicted octanol–water partition coefficient (Wildman–Crippen LogP) is 1.77. The molecule has 2 N–H and O–H groups in total. The summed E-state index contributed by atoms with van der Waals surface area (Å²) >= 11 is 0. The van der Waals surface area contributed by atoms with Crippen molar-refractivity contribution in [2.75, 3.05) is 6.54 Å². The van der Waals surface area contributed by atoms with Gasteiger partial charge in [0.1, 0.15) is 0 Å². The summed E-state index contributed by atoms with van der Waals surface area (Å²) in [5.74, 6) is 0. The van der Waals surface area contributed by atoms with Crippen molar-refractivity contribution in [3.8, 4) is 5.69 Å². The van der Waals surface area contributed by atoms with Crippen molar-refractivity contribution in [1.29, 1.82) is 0 Å². The molecule has 1 aliphatic rings. The molecule has 1 aromatic heterocycles. The maximum absolute atomic E-state index is 11.8. The normalized spacial score (nSPS) is 18.9. The maximum Gasteiger partial charge on any atom is 0.330 e. The van der Waals surface area contributed by atoms with Gasteiger partial charge in [0.15, 0.2) is 0 Å². The third-order valence-corrected chi connectivity index (χ3v) is 3.77. The second-order valence-electron chi connectivity index (χ2n) is 5.24. The zero-order valence-electron chi connectivity index (χ0n) is 11.1. The van der Waals surface area contributed by atoms with Crippen molar-refractivity contribution in [1.82, 2.24) is 14.9 Å². The largest absolute Gasteiger partial charge is 0.330 e. The Balaban J connectivity index is 1.89. The van der Waals surface area contributed by atoms with Crippen LogP contribution in [0.1, 0.15) is 24.1 Å². The number of aromatic nitrogens is 2. The fourth-order valence-electron chi connectivity index (χ4n) is 2.81. The number of nitrogens with one attached hydrogen (secondary N) is 2. The van der Waals surface area contributed by atoms with Crippen LogP contribution in [0.15, 0.2) is 35.3 Å². The number of aryl methyl sites for hydroxylation is 1. The fourth-order valence-corrected chi connectivity index (χ4v) is 2.81. The molecule has 0 spiro atoms. The first-order valence-electron chi connectivity index (χ1n) is 6.84. The van der Waals surface area contributed by atoms with Crippen molar-refractivity contribution >= 4 is 0 Å². The molecule has 1 fully saturated rings. The van der Waals surface area contributed by atoms with Crippen LogP contribution in [0.5, 0.6) is 0 Å². The molecule has 1 aromatic carbocycles. The third kappa shape index (κ3) is 2.49. The van der Waals surface area contributed by atoms with Crippen LogP contribution in [0.2, 0.25) is 0 Å². The zero-order chi connectivity index (χ0) is 13.2. The van der Waals surface area contributed by atoms with Crippen molar-refractivity contribution in [2.24, 2.45) is 0 Å². The molecule has 19 heavy (non-hydrogen) atoms. The van der Waals surface area contributed by atoms with Gasteiger partial charge in [0.2, 0.25) is 0 Å². The van der Waals surface area contributed by atoms with Gasteiger partial charge in [-0.3, -0.25) is 4.57 Å². The molecule has 0 bridgehead atoms. The van der Waals surface area contributed by atoms with Crippen molar-refractivity contribution in [2.45, 2.75) is 32.2 Å². The van der Waals surface area contributed by atoms with Gasteiger partial charge in [0, 0.05) is 17.9 Å². The molecule has 0 aliphatic carbocycles. The number of benzene rings is 1. The number of rotatable bonds is 3. The minimum absolute atomic E-state index is 0.0753. The number of hydrogen-bond acceptors (Lipinski definition) is 2. The standard InChI is InChI=1S/C15H19N3O/c1-11-10-17-15(19)18(11)14-6-2-4-12(9-14)8-13-5-3-7-16-13/h2,4,6,9-10,13,16H,3,5,7-8H2,1H3,(H,17,19). The Morgan fingerprint density at radius 1 is 1.42 bits per heavy atom. The van der Waals surface area contributed by atoms with Crippen LogP contribution in [-0.2, 0) is 6.42 Å². The second kappa shape index (κ2) is 5.05. The highest BCUT2D eigenvalue weighted by molar-refractivity contribution is 5.37. The first-order valence-corrected chi connectivity index (χ1v) is 6.84. The molecule has 0 saturated carbocycles. The molecule has 0 amide bonds. The Hall–Kier alpha value is -1.81. The minimum atomic E-state index is -0.0753. The second-order valence-corrected chi connectivity index (χ2v) is 5.24. The lowest BCUT2D eigenvalue weighted by Crippen LogP contribution is -2.23. The topological polar surface area (TPSA) is 49.8 Å². The monoisotopic (exact) mass is 257 g/mol. The summed E-state index contributed by atoms with van der Waals surface area (Å²) in [7, 11) is 0. The molecule has 4 nitrogen and oxygen atoms in total. The van der Waals surface area contributed by atoms with Crippen LogP contribution in [0.4, 0.5) is 0 Å². The Labute approximate surface area is 112 Å². The average Bonchev–Trinajstić information content (AvgIpc) is 3.00. The molecule has 2 aromatic rings. The van der Waals surface area contributed by atoms with Crippen LogP contribution in [0, 0.1) is 6.92 Å². The van der Waals surface area contributed by atoms with Gasteiger partial charge in [-0.25, -0.2) is 4.79 Å². The van der Waals surface area contributed by atoms with Gasteiger partial charge in [-0.1, -0.05) is 12.1 Å². The first kappa shape index (κ1) is 12.2. The van der Waals surface area contributed by atoms with E-state index < -0.39 is 0 Å². The quantitative estimate of drug-likeness (QED) is 0.880. The molecule has 100 valence electrons. The lowest BCUT2D eigenvalue weighted by atomic mass is 10.0. The highest BCUT2D eigenvalue weighted by Gasteiger charge is 2.14. The lowest BCUT2D eigenvalue weighted by molar-refractivity contribution is 0.603. The minimum Gasteiger partial charge on any atom is -0.314 e. The number of imidazole rings is 1. The van der Waals surface area contributed by atoms with Gasteiger partial charge < -0.3 is 10.3 Å².